The first-order valence-electron chi connectivity index (χ1n) is 7.14. The van der Waals surface area contributed by atoms with Crippen LogP contribution in [0, 0.1) is 0 Å². The van der Waals surface area contributed by atoms with Gasteiger partial charge in [0.2, 0.25) is 0 Å². The molecule has 6 heteroatoms. The second-order valence-corrected chi connectivity index (χ2v) is 4.29. The molecule has 5 nitrogen and oxygen atoms in total. The molecule has 0 aliphatic rings. The van der Waals surface area contributed by atoms with Crippen LogP contribution in [0.2, 0.25) is 0 Å². The molecule has 0 saturated carbocycles. The number of nitrogens with one attached hydrogen (secondary N) is 2. The number of aliphatic imine (C=N–C) groups is 1. The van der Waals surface area contributed by atoms with E-state index >= 15 is 0 Å². The fourth-order valence-electron chi connectivity index (χ4n) is 1.74. The van der Waals surface area contributed by atoms with Gasteiger partial charge in [-0.25, -0.2) is 0 Å². The second kappa shape index (κ2) is 13.4. The Morgan fingerprint density at radius 2 is 2.09 bits per heavy atom. The van der Waals surface area contributed by atoms with Crippen LogP contribution in [-0.4, -0.2) is 39.3 Å². The number of hydrogen-bond acceptors (Lipinski definition) is 3. The minimum Gasteiger partial charge on any atom is -0.496 e. The number of guanidine groups is 1. The largest absolute Gasteiger partial charge is 0.496 e. The van der Waals surface area contributed by atoms with Gasteiger partial charge >= 0.3 is 0 Å². The van der Waals surface area contributed by atoms with E-state index in [0.29, 0.717) is 26.3 Å². The monoisotopic (exact) mass is 419 g/mol. The molecule has 0 spiro atoms. The summed E-state index contributed by atoms with van der Waals surface area (Å²) in [5, 5.41) is 6.30. The van der Waals surface area contributed by atoms with Gasteiger partial charge in [-0.1, -0.05) is 24.3 Å². The van der Waals surface area contributed by atoms with Gasteiger partial charge in [0.05, 0.1) is 26.9 Å². The van der Waals surface area contributed by atoms with Crippen LogP contribution in [-0.2, 0) is 11.3 Å². The van der Waals surface area contributed by atoms with Crippen molar-refractivity contribution < 1.29 is 9.47 Å². The summed E-state index contributed by atoms with van der Waals surface area (Å²) in [6.45, 7) is 8.90. The van der Waals surface area contributed by atoms with E-state index in [1.54, 1.807) is 13.2 Å². The van der Waals surface area contributed by atoms with E-state index in [9.17, 15) is 0 Å². The van der Waals surface area contributed by atoms with E-state index in [0.717, 1.165) is 23.8 Å². The molecule has 1 rings (SSSR count). The van der Waals surface area contributed by atoms with Crippen LogP contribution in [0.15, 0.2) is 41.9 Å². The van der Waals surface area contributed by atoms with Crippen LogP contribution < -0.4 is 15.4 Å². The topological polar surface area (TPSA) is 54.9 Å². The van der Waals surface area contributed by atoms with Crippen LogP contribution in [0.5, 0.6) is 5.75 Å². The van der Waals surface area contributed by atoms with Gasteiger partial charge in [0.1, 0.15) is 5.75 Å². The van der Waals surface area contributed by atoms with Crippen LogP contribution >= 0.6 is 24.0 Å². The Morgan fingerprint density at radius 3 is 2.77 bits per heavy atom. The predicted molar refractivity (Wildman–Crippen MR) is 102 cm³/mol. The van der Waals surface area contributed by atoms with Gasteiger partial charge < -0.3 is 20.1 Å². The molecule has 0 aliphatic heterocycles. The third kappa shape index (κ3) is 8.23. The Hall–Kier alpha value is -1.28. The molecule has 0 atom stereocenters. The summed E-state index contributed by atoms with van der Waals surface area (Å²) in [7, 11) is 1.66. The third-order valence-corrected chi connectivity index (χ3v) is 2.71. The Bertz CT molecular complexity index is 453. The standard InChI is InChI=1S/C16H25N3O2.HI/c1-4-10-18-16(17-5-2)19-11-12-21-13-14-8-6-7-9-15(14)20-3;/h4,6-9H,1,5,10-13H2,2-3H3,(H2,17,18,19);1H. The van der Waals surface area contributed by atoms with E-state index in [2.05, 4.69) is 22.2 Å². The van der Waals surface area contributed by atoms with Gasteiger partial charge in [-0.2, -0.15) is 0 Å². The molecule has 0 amide bonds. The van der Waals surface area contributed by atoms with E-state index in [4.69, 9.17) is 9.47 Å². The lowest BCUT2D eigenvalue weighted by Gasteiger charge is -2.10. The first kappa shape index (κ1) is 20.7. The maximum atomic E-state index is 5.63. The quantitative estimate of drug-likeness (QED) is 0.213. The van der Waals surface area contributed by atoms with Crippen molar-refractivity contribution >= 4 is 29.9 Å². The van der Waals surface area contributed by atoms with Crippen molar-refractivity contribution in [2.45, 2.75) is 13.5 Å². The Morgan fingerprint density at radius 1 is 1.32 bits per heavy atom. The number of rotatable bonds is 9. The van der Waals surface area contributed by atoms with E-state index in [-0.39, 0.29) is 24.0 Å². The molecular formula is C16H26IN3O2. The van der Waals surface area contributed by atoms with Gasteiger partial charge in [0, 0.05) is 18.7 Å². The molecule has 0 unspecified atom stereocenters. The van der Waals surface area contributed by atoms with Crippen LogP contribution in [0.4, 0.5) is 0 Å². The van der Waals surface area contributed by atoms with Crippen molar-refractivity contribution in [3.8, 4) is 5.75 Å². The number of methoxy groups -OCH3 is 1. The number of benzene rings is 1. The van der Waals surface area contributed by atoms with Crippen molar-refractivity contribution in [1.82, 2.24) is 10.6 Å². The lowest BCUT2D eigenvalue weighted by molar-refractivity contribution is 0.126. The molecule has 0 bridgehead atoms. The number of ether oxygens (including phenoxy) is 2. The number of hydrogen-bond donors (Lipinski definition) is 2. The average molecular weight is 419 g/mol. The third-order valence-electron chi connectivity index (χ3n) is 2.71. The lowest BCUT2D eigenvalue weighted by Crippen LogP contribution is -2.37. The number of nitrogens with zero attached hydrogens (tertiary/aromatic N) is 1. The molecular weight excluding hydrogens is 393 g/mol. The predicted octanol–water partition coefficient (Wildman–Crippen LogP) is 2.57. The maximum absolute atomic E-state index is 5.63. The highest BCUT2D eigenvalue weighted by molar-refractivity contribution is 14.0. The summed E-state index contributed by atoms with van der Waals surface area (Å²) < 4.78 is 10.9. The molecule has 0 aliphatic carbocycles. The maximum Gasteiger partial charge on any atom is 0.191 e. The van der Waals surface area contributed by atoms with Crippen molar-refractivity contribution in [2.24, 2.45) is 4.99 Å². The zero-order chi connectivity index (χ0) is 15.3. The molecule has 0 heterocycles. The lowest BCUT2D eigenvalue weighted by atomic mass is 10.2. The zero-order valence-corrected chi connectivity index (χ0v) is 15.6. The average Bonchev–Trinajstić information content (AvgIpc) is 2.52. The van der Waals surface area contributed by atoms with Crippen molar-refractivity contribution in [2.75, 3.05) is 33.4 Å². The highest BCUT2D eigenvalue weighted by Gasteiger charge is 2.01. The smallest absolute Gasteiger partial charge is 0.191 e. The van der Waals surface area contributed by atoms with E-state index in [1.807, 2.05) is 31.2 Å². The molecule has 0 aromatic heterocycles. The Kier molecular flexibility index (Phi) is 12.6. The first-order valence-corrected chi connectivity index (χ1v) is 7.14. The summed E-state index contributed by atoms with van der Waals surface area (Å²) in [5.74, 6) is 1.63. The molecule has 0 saturated heterocycles. The van der Waals surface area contributed by atoms with E-state index in [1.165, 1.54) is 0 Å². The molecule has 0 radical (unpaired) electrons. The van der Waals surface area contributed by atoms with E-state index < -0.39 is 0 Å². The molecule has 22 heavy (non-hydrogen) atoms. The van der Waals surface area contributed by atoms with Gasteiger partial charge in [-0.15, -0.1) is 30.6 Å². The van der Waals surface area contributed by atoms with Gasteiger partial charge in [0.15, 0.2) is 5.96 Å². The molecule has 124 valence electrons. The summed E-state index contributed by atoms with van der Waals surface area (Å²) >= 11 is 0. The Labute approximate surface area is 150 Å². The SMILES string of the molecule is C=CCNC(=NCCOCc1ccccc1OC)NCC.I. The summed E-state index contributed by atoms with van der Waals surface area (Å²) in [5.41, 5.74) is 1.04. The van der Waals surface area contributed by atoms with Gasteiger partial charge in [-0.05, 0) is 13.0 Å². The summed E-state index contributed by atoms with van der Waals surface area (Å²) in [6, 6.07) is 7.85. The zero-order valence-electron chi connectivity index (χ0n) is 13.3. The van der Waals surface area contributed by atoms with Crippen LogP contribution in [0.25, 0.3) is 0 Å². The summed E-state index contributed by atoms with van der Waals surface area (Å²) in [6.07, 6.45) is 1.80. The van der Waals surface area contributed by atoms with Gasteiger partial charge in [0.25, 0.3) is 0 Å². The molecule has 2 N–H and O–H groups in total. The van der Waals surface area contributed by atoms with Crippen molar-refractivity contribution in [3.05, 3.63) is 42.5 Å². The van der Waals surface area contributed by atoms with Crippen molar-refractivity contribution in [3.63, 3.8) is 0 Å². The molecule has 1 aromatic rings. The first-order chi connectivity index (χ1) is 10.3. The molecule has 0 fully saturated rings. The highest BCUT2D eigenvalue weighted by Crippen LogP contribution is 2.17. The fourth-order valence-corrected chi connectivity index (χ4v) is 1.74. The number of para-hydroxylation sites is 1. The minimum absolute atomic E-state index is 0. The van der Waals surface area contributed by atoms with Gasteiger partial charge in [-0.3, -0.25) is 4.99 Å². The Balaban J connectivity index is 0.00000441. The fraction of sp³-hybridized carbons (Fsp3) is 0.438. The molecule has 1 aromatic carbocycles. The number of halogens is 1. The minimum atomic E-state index is 0. The highest BCUT2D eigenvalue weighted by atomic mass is 127. The van der Waals surface area contributed by atoms with Crippen LogP contribution in [0.3, 0.4) is 0 Å². The van der Waals surface area contributed by atoms with Crippen molar-refractivity contribution in [1.29, 1.82) is 0 Å². The summed E-state index contributed by atoms with van der Waals surface area (Å²) in [4.78, 5) is 4.42. The second-order valence-electron chi connectivity index (χ2n) is 4.29. The van der Waals surface area contributed by atoms with Crippen LogP contribution in [0.1, 0.15) is 12.5 Å². The normalized spacial score (nSPS) is 10.5.